The van der Waals surface area contributed by atoms with Gasteiger partial charge in [0.25, 0.3) is 5.96 Å². The van der Waals surface area contributed by atoms with E-state index in [2.05, 4.69) is 79.0 Å². The summed E-state index contributed by atoms with van der Waals surface area (Å²) in [7, 11) is 0. The highest BCUT2D eigenvalue weighted by Gasteiger charge is 2.02. The summed E-state index contributed by atoms with van der Waals surface area (Å²) in [5.74, 6) is 0.163. The van der Waals surface area contributed by atoms with E-state index < -0.39 is 0 Å². The van der Waals surface area contributed by atoms with Gasteiger partial charge in [-0.1, -0.05) is 47.8 Å². The molecule has 12 heteroatoms. The Morgan fingerprint density at radius 2 is 1.00 bits per heavy atom. The number of rotatable bonds is 6. The van der Waals surface area contributed by atoms with Crippen LogP contribution in [0.1, 0.15) is 16.7 Å². The molecule has 0 bridgehead atoms. The van der Waals surface area contributed by atoms with Gasteiger partial charge in [-0.3, -0.25) is 0 Å². The average Bonchev–Trinajstić information content (AvgIpc) is 2.80. The van der Waals surface area contributed by atoms with E-state index in [-0.39, 0.29) is 23.2 Å². The summed E-state index contributed by atoms with van der Waals surface area (Å²) in [5.41, 5.74) is 6.68. The fraction of sp³-hybridized carbons (Fsp3) is 0. The maximum atomic E-state index is 9.94. The standard InChI is InChI=1S/C22H17Br3N6O3/c23-16-1-4-19(32)13(7-16)10-26-29-22(30-27-11-14-8-17(24)2-5-20(14)33)31-28-12-15-9-18(25)3-6-21(15)34/h1-12,32-34H,(H2,29,30,31)/b26-10-,27-11-,28-12-. The lowest BCUT2D eigenvalue weighted by atomic mass is 10.2. The first-order valence-corrected chi connectivity index (χ1v) is 11.8. The molecule has 0 aromatic heterocycles. The second-order valence-corrected chi connectivity index (χ2v) is 9.29. The summed E-state index contributed by atoms with van der Waals surface area (Å²) in [6, 6.07) is 14.7. The van der Waals surface area contributed by atoms with Crippen LogP contribution in [0.5, 0.6) is 17.2 Å². The minimum atomic E-state index is 0.0298. The number of nitrogens with zero attached hydrogens (tertiary/aromatic N) is 4. The van der Waals surface area contributed by atoms with E-state index >= 15 is 0 Å². The van der Waals surface area contributed by atoms with Gasteiger partial charge in [-0.2, -0.15) is 15.3 Å². The molecular weight excluding hydrogens is 636 g/mol. The predicted octanol–water partition coefficient (Wildman–Crippen LogP) is 5.03. The van der Waals surface area contributed by atoms with Gasteiger partial charge in [0, 0.05) is 30.1 Å². The quantitative estimate of drug-likeness (QED) is 0.145. The molecule has 0 aliphatic carbocycles. The second-order valence-electron chi connectivity index (χ2n) is 6.54. The van der Waals surface area contributed by atoms with E-state index in [0.29, 0.717) is 16.7 Å². The Balaban J connectivity index is 1.80. The highest BCUT2D eigenvalue weighted by molar-refractivity contribution is 9.11. The molecule has 0 amide bonds. The van der Waals surface area contributed by atoms with E-state index in [1.165, 1.54) is 36.8 Å². The zero-order valence-corrected chi connectivity index (χ0v) is 22.0. The Kier molecular flexibility index (Phi) is 9.19. The first kappa shape index (κ1) is 25.4. The van der Waals surface area contributed by atoms with Gasteiger partial charge >= 0.3 is 0 Å². The number of guanidine groups is 1. The number of hydrazone groups is 2. The maximum Gasteiger partial charge on any atom is 0.257 e. The van der Waals surface area contributed by atoms with Crippen molar-refractivity contribution in [3.05, 3.63) is 84.7 Å². The van der Waals surface area contributed by atoms with Crippen molar-refractivity contribution < 1.29 is 15.3 Å². The molecular formula is C22H17Br3N6O3. The normalized spacial score (nSPS) is 11.4. The number of hydrogen-bond donors (Lipinski definition) is 5. The first-order valence-electron chi connectivity index (χ1n) is 9.46. The number of nitrogens with one attached hydrogen (secondary N) is 2. The Bertz CT molecular complexity index is 1230. The predicted molar refractivity (Wildman–Crippen MR) is 144 cm³/mol. The molecule has 0 saturated heterocycles. The van der Waals surface area contributed by atoms with Crippen LogP contribution in [0.25, 0.3) is 0 Å². The molecule has 34 heavy (non-hydrogen) atoms. The first-order chi connectivity index (χ1) is 16.3. The number of hydrogen-bond acceptors (Lipinski definition) is 7. The highest BCUT2D eigenvalue weighted by atomic mass is 79.9. The van der Waals surface area contributed by atoms with Crippen molar-refractivity contribution in [1.82, 2.24) is 10.9 Å². The maximum absolute atomic E-state index is 9.94. The van der Waals surface area contributed by atoms with E-state index in [4.69, 9.17) is 0 Å². The molecule has 0 atom stereocenters. The lowest BCUT2D eigenvalue weighted by molar-refractivity contribution is 0.474. The van der Waals surface area contributed by atoms with E-state index in [0.717, 1.165) is 13.4 Å². The Labute approximate surface area is 220 Å². The van der Waals surface area contributed by atoms with Crippen LogP contribution in [-0.2, 0) is 0 Å². The fourth-order valence-corrected chi connectivity index (χ4v) is 3.57. The molecule has 0 aliphatic rings. The van der Waals surface area contributed by atoms with Crippen LogP contribution < -0.4 is 10.9 Å². The smallest absolute Gasteiger partial charge is 0.257 e. The fourth-order valence-electron chi connectivity index (χ4n) is 2.43. The number of aromatic hydroxyl groups is 3. The molecule has 9 nitrogen and oxygen atoms in total. The van der Waals surface area contributed by atoms with Gasteiger partial charge in [0.1, 0.15) is 17.2 Å². The Morgan fingerprint density at radius 1 is 0.618 bits per heavy atom. The monoisotopic (exact) mass is 650 g/mol. The lowest BCUT2D eigenvalue weighted by Gasteiger charge is -2.04. The van der Waals surface area contributed by atoms with Crippen LogP contribution in [0.4, 0.5) is 0 Å². The summed E-state index contributed by atoms with van der Waals surface area (Å²) in [4.78, 5) is 0. The molecule has 3 rings (SSSR count). The SMILES string of the molecule is Oc1ccc(Br)cc1/C=N\N=C(N/N=C\c1cc(Br)ccc1O)N/N=C\c1cc(Br)ccc1O. The van der Waals surface area contributed by atoms with Gasteiger partial charge in [0.2, 0.25) is 0 Å². The number of benzene rings is 3. The number of phenols is 3. The molecule has 0 heterocycles. The molecule has 0 aliphatic heterocycles. The van der Waals surface area contributed by atoms with Crippen LogP contribution >= 0.6 is 47.8 Å². The van der Waals surface area contributed by atoms with Crippen molar-refractivity contribution in [2.45, 2.75) is 0 Å². The molecule has 0 fully saturated rings. The van der Waals surface area contributed by atoms with E-state index in [9.17, 15) is 15.3 Å². The van der Waals surface area contributed by atoms with Crippen molar-refractivity contribution in [1.29, 1.82) is 0 Å². The molecule has 174 valence electrons. The molecule has 3 aromatic carbocycles. The van der Waals surface area contributed by atoms with Crippen LogP contribution in [0, 0.1) is 0 Å². The van der Waals surface area contributed by atoms with E-state index in [1.54, 1.807) is 36.4 Å². The van der Waals surface area contributed by atoms with Gasteiger partial charge in [-0.05, 0) is 54.6 Å². The van der Waals surface area contributed by atoms with Gasteiger partial charge in [-0.25, -0.2) is 10.9 Å². The Morgan fingerprint density at radius 3 is 1.41 bits per heavy atom. The topological polar surface area (TPSA) is 134 Å². The molecule has 0 radical (unpaired) electrons. The van der Waals surface area contributed by atoms with Crippen molar-refractivity contribution in [3.63, 3.8) is 0 Å². The number of phenolic OH excluding ortho intramolecular Hbond substituents is 3. The minimum Gasteiger partial charge on any atom is -0.507 e. The summed E-state index contributed by atoms with van der Waals surface area (Å²) in [6.45, 7) is 0. The third kappa shape index (κ3) is 7.68. The van der Waals surface area contributed by atoms with E-state index in [1.807, 2.05) is 0 Å². The van der Waals surface area contributed by atoms with Crippen molar-refractivity contribution >= 4 is 72.4 Å². The molecule has 0 spiro atoms. The van der Waals surface area contributed by atoms with Crippen LogP contribution in [-0.4, -0.2) is 39.9 Å². The molecule has 5 N–H and O–H groups in total. The highest BCUT2D eigenvalue weighted by Crippen LogP contribution is 2.21. The number of halogens is 3. The van der Waals surface area contributed by atoms with Gasteiger partial charge in [0.15, 0.2) is 0 Å². The van der Waals surface area contributed by atoms with Gasteiger partial charge < -0.3 is 15.3 Å². The molecule has 0 saturated carbocycles. The van der Waals surface area contributed by atoms with Crippen LogP contribution in [0.15, 0.2) is 88.4 Å². The van der Waals surface area contributed by atoms with Gasteiger partial charge in [-0.15, -0.1) is 5.10 Å². The van der Waals surface area contributed by atoms with Crippen molar-refractivity contribution in [2.75, 3.05) is 0 Å². The van der Waals surface area contributed by atoms with Crippen LogP contribution in [0.3, 0.4) is 0 Å². The van der Waals surface area contributed by atoms with Crippen molar-refractivity contribution in [2.24, 2.45) is 20.4 Å². The minimum absolute atomic E-state index is 0.0298. The Hall–Kier alpha value is -3.22. The molecule has 0 unspecified atom stereocenters. The van der Waals surface area contributed by atoms with Gasteiger partial charge in [0.05, 0.1) is 18.6 Å². The summed E-state index contributed by atoms with van der Waals surface area (Å²) < 4.78 is 2.32. The summed E-state index contributed by atoms with van der Waals surface area (Å²) in [6.07, 6.45) is 4.15. The third-order valence-electron chi connectivity index (χ3n) is 4.07. The van der Waals surface area contributed by atoms with Crippen molar-refractivity contribution in [3.8, 4) is 17.2 Å². The summed E-state index contributed by atoms with van der Waals surface area (Å²) in [5, 5.41) is 45.9. The third-order valence-corrected chi connectivity index (χ3v) is 5.55. The second kappa shape index (κ2) is 12.3. The largest absolute Gasteiger partial charge is 0.507 e. The molecule has 3 aromatic rings. The average molecular weight is 653 g/mol. The lowest BCUT2D eigenvalue weighted by Crippen LogP contribution is -2.30. The zero-order chi connectivity index (χ0) is 24.5. The summed E-state index contributed by atoms with van der Waals surface area (Å²) >= 11 is 10.0. The van der Waals surface area contributed by atoms with Crippen LogP contribution in [0.2, 0.25) is 0 Å². The zero-order valence-electron chi connectivity index (χ0n) is 17.2.